The fraction of sp³-hybridized carbons (Fsp3) is 0.133. The first kappa shape index (κ1) is 10.6. The highest BCUT2D eigenvalue weighted by Gasteiger charge is 1.95. The van der Waals surface area contributed by atoms with Crippen LogP contribution in [0.1, 0.15) is 12.0 Å². The third kappa shape index (κ3) is 2.57. The molecule has 0 saturated heterocycles. The maximum Gasteiger partial charge on any atom is 0.0702 e. The van der Waals surface area contributed by atoms with Crippen molar-refractivity contribution < 1.29 is 0 Å². The van der Waals surface area contributed by atoms with Crippen LogP contribution in [0.5, 0.6) is 0 Å². The van der Waals surface area contributed by atoms with Gasteiger partial charge in [0.15, 0.2) is 0 Å². The molecule has 0 N–H and O–H groups in total. The standard InChI is InChI=1S/C15H15N/c1-2-3-4-5-8-13-11-14-9-6-7-10-15(14)16-12-13/h2,4-7,9-12H,1,3,8H2/b5-4+. The van der Waals surface area contributed by atoms with E-state index in [2.05, 4.69) is 35.8 Å². The molecule has 0 aliphatic heterocycles. The van der Waals surface area contributed by atoms with E-state index in [0.29, 0.717) is 0 Å². The molecule has 1 heteroatoms. The van der Waals surface area contributed by atoms with Crippen molar-refractivity contribution in [3.8, 4) is 0 Å². The van der Waals surface area contributed by atoms with Gasteiger partial charge in [0.1, 0.15) is 0 Å². The van der Waals surface area contributed by atoms with Gasteiger partial charge >= 0.3 is 0 Å². The number of hydrogen-bond acceptors (Lipinski definition) is 1. The molecular formula is C15H15N. The Hall–Kier alpha value is -1.89. The van der Waals surface area contributed by atoms with Crippen LogP contribution in [-0.4, -0.2) is 4.98 Å². The second kappa shape index (κ2) is 5.26. The predicted molar refractivity (Wildman–Crippen MR) is 69.4 cm³/mol. The zero-order valence-electron chi connectivity index (χ0n) is 9.26. The number of allylic oxidation sites excluding steroid dienone is 3. The molecular weight excluding hydrogens is 194 g/mol. The minimum absolute atomic E-state index is 0.932. The van der Waals surface area contributed by atoms with Gasteiger partial charge in [0.05, 0.1) is 5.52 Å². The lowest BCUT2D eigenvalue weighted by Gasteiger charge is -1.99. The molecule has 1 aromatic heterocycles. The maximum absolute atomic E-state index is 4.43. The number of benzene rings is 1. The van der Waals surface area contributed by atoms with Gasteiger partial charge in [-0.05, 0) is 30.5 Å². The topological polar surface area (TPSA) is 12.9 Å². The molecule has 0 atom stereocenters. The second-order valence-corrected chi connectivity index (χ2v) is 3.74. The summed E-state index contributed by atoms with van der Waals surface area (Å²) < 4.78 is 0. The van der Waals surface area contributed by atoms with Crippen molar-refractivity contribution >= 4 is 10.9 Å². The van der Waals surface area contributed by atoms with Gasteiger partial charge in [-0.2, -0.15) is 0 Å². The third-order valence-corrected chi connectivity index (χ3v) is 2.47. The van der Waals surface area contributed by atoms with Gasteiger partial charge in [0, 0.05) is 11.6 Å². The van der Waals surface area contributed by atoms with Crippen molar-refractivity contribution in [2.45, 2.75) is 12.8 Å². The zero-order chi connectivity index (χ0) is 11.2. The number of para-hydroxylation sites is 1. The Morgan fingerprint density at radius 3 is 2.94 bits per heavy atom. The summed E-state index contributed by atoms with van der Waals surface area (Å²) in [6.45, 7) is 3.68. The van der Waals surface area contributed by atoms with Crippen molar-refractivity contribution in [2.24, 2.45) is 0 Å². The number of pyridine rings is 1. The summed E-state index contributed by atoms with van der Waals surface area (Å²) in [5.74, 6) is 0. The van der Waals surface area contributed by atoms with E-state index in [-0.39, 0.29) is 0 Å². The van der Waals surface area contributed by atoms with Gasteiger partial charge in [-0.15, -0.1) is 6.58 Å². The number of aromatic nitrogens is 1. The van der Waals surface area contributed by atoms with Gasteiger partial charge < -0.3 is 0 Å². The van der Waals surface area contributed by atoms with E-state index in [1.807, 2.05) is 30.5 Å². The van der Waals surface area contributed by atoms with Crippen LogP contribution in [0.15, 0.2) is 61.3 Å². The Kier molecular flexibility index (Phi) is 3.50. The highest BCUT2D eigenvalue weighted by Crippen LogP contribution is 2.13. The van der Waals surface area contributed by atoms with Gasteiger partial charge in [0.25, 0.3) is 0 Å². The first-order valence-corrected chi connectivity index (χ1v) is 5.50. The second-order valence-electron chi connectivity index (χ2n) is 3.74. The lowest BCUT2D eigenvalue weighted by molar-refractivity contribution is 1.21. The van der Waals surface area contributed by atoms with E-state index in [1.165, 1.54) is 10.9 Å². The lowest BCUT2D eigenvalue weighted by atomic mass is 10.1. The molecule has 1 nitrogen and oxygen atoms in total. The van der Waals surface area contributed by atoms with Crippen LogP contribution in [0, 0.1) is 0 Å². The molecule has 0 fully saturated rings. The Balaban J connectivity index is 2.16. The summed E-state index contributed by atoms with van der Waals surface area (Å²) in [6, 6.07) is 10.4. The van der Waals surface area contributed by atoms with E-state index in [4.69, 9.17) is 0 Å². The van der Waals surface area contributed by atoms with Gasteiger partial charge in [-0.1, -0.05) is 36.4 Å². The first-order chi connectivity index (χ1) is 7.90. The van der Waals surface area contributed by atoms with E-state index in [1.54, 1.807) is 0 Å². The summed E-state index contributed by atoms with van der Waals surface area (Å²) >= 11 is 0. The molecule has 2 rings (SSSR count). The average molecular weight is 209 g/mol. The summed E-state index contributed by atoms with van der Waals surface area (Å²) in [5, 5.41) is 1.21. The number of hydrogen-bond donors (Lipinski definition) is 0. The van der Waals surface area contributed by atoms with Crippen molar-refractivity contribution in [1.82, 2.24) is 4.98 Å². The number of rotatable bonds is 4. The molecule has 16 heavy (non-hydrogen) atoms. The van der Waals surface area contributed by atoms with E-state index in [0.717, 1.165) is 18.4 Å². The van der Waals surface area contributed by atoms with Crippen LogP contribution in [0.25, 0.3) is 10.9 Å². The van der Waals surface area contributed by atoms with Gasteiger partial charge in [0.2, 0.25) is 0 Å². The molecule has 0 aliphatic rings. The van der Waals surface area contributed by atoms with Crippen LogP contribution in [0.3, 0.4) is 0 Å². The van der Waals surface area contributed by atoms with Crippen molar-refractivity contribution in [3.05, 3.63) is 66.9 Å². The highest BCUT2D eigenvalue weighted by atomic mass is 14.6. The largest absolute Gasteiger partial charge is 0.256 e. The summed E-state index contributed by atoms with van der Waals surface area (Å²) in [4.78, 5) is 4.43. The predicted octanol–water partition coefficient (Wildman–Crippen LogP) is 3.91. The minimum atomic E-state index is 0.932. The van der Waals surface area contributed by atoms with Crippen LogP contribution in [-0.2, 0) is 6.42 Å². The highest BCUT2D eigenvalue weighted by molar-refractivity contribution is 5.78. The van der Waals surface area contributed by atoms with Crippen LogP contribution >= 0.6 is 0 Å². The Morgan fingerprint density at radius 2 is 2.06 bits per heavy atom. The molecule has 0 unspecified atom stereocenters. The number of fused-ring (bicyclic) bond motifs is 1. The smallest absolute Gasteiger partial charge is 0.0702 e. The Bertz CT molecular complexity index is 512. The molecule has 0 aliphatic carbocycles. The third-order valence-electron chi connectivity index (χ3n) is 2.47. The van der Waals surface area contributed by atoms with Crippen LogP contribution in [0.2, 0.25) is 0 Å². The first-order valence-electron chi connectivity index (χ1n) is 5.50. The molecule has 0 spiro atoms. The van der Waals surface area contributed by atoms with Crippen LogP contribution < -0.4 is 0 Å². The molecule has 1 heterocycles. The average Bonchev–Trinajstić information content (AvgIpc) is 2.34. The molecule has 2 aromatic rings. The van der Waals surface area contributed by atoms with E-state index in [9.17, 15) is 0 Å². The van der Waals surface area contributed by atoms with Crippen LogP contribution in [0.4, 0.5) is 0 Å². The molecule has 0 amide bonds. The lowest BCUT2D eigenvalue weighted by Crippen LogP contribution is -1.85. The zero-order valence-corrected chi connectivity index (χ0v) is 9.26. The molecule has 1 aromatic carbocycles. The summed E-state index contributed by atoms with van der Waals surface area (Å²) in [6.07, 6.45) is 10.00. The fourth-order valence-electron chi connectivity index (χ4n) is 1.64. The van der Waals surface area contributed by atoms with Crippen molar-refractivity contribution in [3.63, 3.8) is 0 Å². The van der Waals surface area contributed by atoms with E-state index < -0.39 is 0 Å². The molecule has 0 saturated carbocycles. The molecule has 80 valence electrons. The van der Waals surface area contributed by atoms with E-state index >= 15 is 0 Å². The Morgan fingerprint density at radius 1 is 1.19 bits per heavy atom. The Labute approximate surface area is 96.1 Å². The monoisotopic (exact) mass is 209 g/mol. The normalized spacial score (nSPS) is 11.0. The fourth-order valence-corrected chi connectivity index (χ4v) is 1.64. The maximum atomic E-state index is 4.43. The van der Waals surface area contributed by atoms with Gasteiger partial charge in [-0.3, -0.25) is 4.98 Å². The van der Waals surface area contributed by atoms with Gasteiger partial charge in [-0.25, -0.2) is 0 Å². The van der Waals surface area contributed by atoms with Crippen molar-refractivity contribution in [2.75, 3.05) is 0 Å². The molecule has 0 bridgehead atoms. The summed E-state index contributed by atoms with van der Waals surface area (Å²) in [7, 11) is 0. The SMILES string of the molecule is C=CC/C=C/Cc1cnc2ccccc2c1. The minimum Gasteiger partial charge on any atom is -0.256 e. The summed E-state index contributed by atoms with van der Waals surface area (Å²) in [5.41, 5.74) is 2.31. The quantitative estimate of drug-likeness (QED) is 0.696. The molecule has 0 radical (unpaired) electrons. The van der Waals surface area contributed by atoms with Crippen molar-refractivity contribution in [1.29, 1.82) is 0 Å². The number of nitrogens with zero attached hydrogens (tertiary/aromatic N) is 1.